The van der Waals surface area contributed by atoms with Gasteiger partial charge in [0.05, 0.1) is 0 Å². The lowest BCUT2D eigenvalue weighted by Crippen LogP contribution is -2.33. The Morgan fingerprint density at radius 2 is 2.00 bits per heavy atom. The van der Waals surface area contributed by atoms with Gasteiger partial charge in [-0.1, -0.05) is 12.1 Å². The molecule has 0 unspecified atom stereocenters. The third-order valence-corrected chi connectivity index (χ3v) is 3.14. The Balaban J connectivity index is 1.83. The third kappa shape index (κ3) is 3.96. The first-order valence-electron chi connectivity index (χ1n) is 6.49. The van der Waals surface area contributed by atoms with Crippen molar-refractivity contribution in [1.82, 2.24) is 0 Å². The number of ketones is 1. The molecule has 3 nitrogen and oxygen atoms in total. The molecule has 0 saturated heterocycles. The molecular formula is C14H16F3NO2. The van der Waals surface area contributed by atoms with E-state index in [2.05, 4.69) is 4.74 Å². The van der Waals surface area contributed by atoms with Crippen LogP contribution in [0.4, 0.5) is 18.9 Å². The minimum Gasteiger partial charge on any atom is -0.372 e. The second-order valence-corrected chi connectivity index (χ2v) is 4.70. The zero-order chi connectivity index (χ0) is 14.6. The van der Waals surface area contributed by atoms with Gasteiger partial charge in [0, 0.05) is 37.4 Å². The van der Waals surface area contributed by atoms with Crippen LogP contribution in [0.5, 0.6) is 0 Å². The normalized spacial score (nSPS) is 15.3. The van der Waals surface area contributed by atoms with E-state index in [1.165, 1.54) is 0 Å². The van der Waals surface area contributed by atoms with Gasteiger partial charge in [0.2, 0.25) is 0 Å². The van der Waals surface area contributed by atoms with Gasteiger partial charge in [-0.15, -0.1) is 0 Å². The first kappa shape index (κ1) is 14.8. The number of ether oxygens (including phenoxy) is 1. The van der Waals surface area contributed by atoms with Crippen molar-refractivity contribution < 1.29 is 22.7 Å². The van der Waals surface area contributed by atoms with Crippen LogP contribution in [0.1, 0.15) is 23.2 Å². The molecular weight excluding hydrogens is 271 g/mol. The van der Waals surface area contributed by atoms with E-state index in [-0.39, 0.29) is 12.4 Å². The summed E-state index contributed by atoms with van der Waals surface area (Å²) in [7, 11) is 0. The molecule has 0 N–H and O–H groups in total. The number of nitrogens with zero attached hydrogens (tertiary/aromatic N) is 1. The smallest absolute Gasteiger partial charge is 0.372 e. The molecule has 0 amide bonds. The Kier molecular flexibility index (Phi) is 4.65. The van der Waals surface area contributed by atoms with Gasteiger partial charge in [0.25, 0.3) is 0 Å². The van der Waals surface area contributed by atoms with E-state index in [0.29, 0.717) is 31.5 Å². The largest absolute Gasteiger partial charge is 0.411 e. The summed E-state index contributed by atoms with van der Waals surface area (Å²) in [5.74, 6) is 0.116. The summed E-state index contributed by atoms with van der Waals surface area (Å²) in [6, 6.07) is 7.31. The number of halogens is 3. The average molecular weight is 287 g/mol. The molecule has 110 valence electrons. The molecule has 1 aliphatic heterocycles. The summed E-state index contributed by atoms with van der Waals surface area (Å²) in [6.07, 6.45) is -3.33. The predicted molar refractivity (Wildman–Crippen MR) is 69.1 cm³/mol. The number of anilines is 1. The Hall–Kier alpha value is -1.56. The van der Waals surface area contributed by atoms with Gasteiger partial charge in [-0.2, -0.15) is 13.2 Å². The molecule has 1 aromatic carbocycles. The zero-order valence-corrected chi connectivity index (χ0v) is 10.9. The van der Waals surface area contributed by atoms with Crippen molar-refractivity contribution in [3.8, 4) is 0 Å². The molecule has 1 aliphatic rings. The van der Waals surface area contributed by atoms with Crippen molar-refractivity contribution in [2.75, 3.05) is 31.2 Å². The average Bonchev–Trinajstić information content (AvgIpc) is 2.40. The SMILES string of the molecule is O=C1CCN(CCCOCC(F)(F)F)c2ccccc21. The Morgan fingerprint density at radius 1 is 1.25 bits per heavy atom. The molecule has 20 heavy (non-hydrogen) atoms. The molecule has 0 atom stereocenters. The summed E-state index contributed by atoms with van der Waals surface area (Å²) < 4.78 is 40.3. The highest BCUT2D eigenvalue weighted by molar-refractivity contribution is 6.03. The number of hydrogen-bond donors (Lipinski definition) is 0. The monoisotopic (exact) mass is 287 g/mol. The number of hydrogen-bond acceptors (Lipinski definition) is 3. The molecule has 0 fully saturated rings. The second kappa shape index (κ2) is 6.26. The van der Waals surface area contributed by atoms with Crippen molar-refractivity contribution in [1.29, 1.82) is 0 Å². The molecule has 0 saturated carbocycles. The van der Waals surface area contributed by atoms with Crippen LogP contribution < -0.4 is 4.90 Å². The lowest BCUT2D eigenvalue weighted by molar-refractivity contribution is -0.173. The molecule has 2 rings (SSSR count). The van der Waals surface area contributed by atoms with Crippen LogP contribution in [0.2, 0.25) is 0 Å². The summed E-state index contributed by atoms with van der Waals surface area (Å²) in [5, 5.41) is 0. The van der Waals surface area contributed by atoms with E-state index >= 15 is 0 Å². The van der Waals surface area contributed by atoms with E-state index in [1.807, 2.05) is 23.1 Å². The summed E-state index contributed by atoms with van der Waals surface area (Å²) in [6.45, 7) is 0.0471. The topological polar surface area (TPSA) is 29.5 Å². The third-order valence-electron chi connectivity index (χ3n) is 3.14. The molecule has 1 aromatic rings. The van der Waals surface area contributed by atoms with Gasteiger partial charge in [-0.25, -0.2) is 0 Å². The minimum absolute atomic E-state index is 0.0616. The number of carbonyl (C=O) groups excluding carboxylic acids is 1. The number of carbonyl (C=O) groups is 1. The maximum atomic E-state index is 11.9. The van der Waals surface area contributed by atoms with Crippen LogP contribution in [0.3, 0.4) is 0 Å². The van der Waals surface area contributed by atoms with Gasteiger partial charge in [-0.3, -0.25) is 4.79 Å². The van der Waals surface area contributed by atoms with Crippen LogP contribution in [0, 0.1) is 0 Å². The Morgan fingerprint density at radius 3 is 2.75 bits per heavy atom. The second-order valence-electron chi connectivity index (χ2n) is 4.70. The summed E-state index contributed by atoms with van der Waals surface area (Å²) in [5.41, 5.74) is 1.55. The van der Waals surface area contributed by atoms with Crippen molar-refractivity contribution in [3.05, 3.63) is 29.8 Å². The molecule has 6 heteroatoms. The summed E-state index contributed by atoms with van der Waals surface area (Å²) >= 11 is 0. The van der Waals surface area contributed by atoms with E-state index in [0.717, 1.165) is 5.69 Å². The van der Waals surface area contributed by atoms with Crippen molar-refractivity contribution in [2.24, 2.45) is 0 Å². The van der Waals surface area contributed by atoms with Crippen LogP contribution >= 0.6 is 0 Å². The van der Waals surface area contributed by atoms with Crippen molar-refractivity contribution >= 4 is 11.5 Å². The first-order valence-corrected chi connectivity index (χ1v) is 6.49. The van der Waals surface area contributed by atoms with Crippen molar-refractivity contribution in [3.63, 3.8) is 0 Å². The van der Waals surface area contributed by atoms with Crippen LogP contribution in [-0.4, -0.2) is 38.3 Å². The van der Waals surface area contributed by atoms with Crippen LogP contribution in [0.25, 0.3) is 0 Å². The first-order chi connectivity index (χ1) is 9.47. The lowest BCUT2D eigenvalue weighted by atomic mass is 10.0. The standard InChI is InChI=1S/C14H16F3NO2/c15-14(16,17)10-20-9-3-7-18-8-6-13(19)11-4-1-2-5-12(11)18/h1-2,4-5H,3,6-10H2. The van der Waals surface area contributed by atoms with Gasteiger partial charge in [0.1, 0.15) is 6.61 Å². The number of Topliss-reactive ketones (excluding diaryl/α,β-unsaturated/α-hetero) is 1. The van der Waals surface area contributed by atoms with E-state index < -0.39 is 12.8 Å². The number of alkyl halides is 3. The molecule has 0 bridgehead atoms. The fraction of sp³-hybridized carbons (Fsp3) is 0.500. The Bertz CT molecular complexity index is 474. The molecule has 0 aliphatic carbocycles. The van der Waals surface area contributed by atoms with Gasteiger partial charge < -0.3 is 9.64 Å². The number of rotatable bonds is 5. The fourth-order valence-corrected chi connectivity index (χ4v) is 2.25. The maximum Gasteiger partial charge on any atom is 0.411 e. The lowest BCUT2D eigenvalue weighted by Gasteiger charge is -2.30. The number of para-hydroxylation sites is 1. The van der Waals surface area contributed by atoms with Crippen LogP contribution in [0.15, 0.2) is 24.3 Å². The highest BCUT2D eigenvalue weighted by atomic mass is 19.4. The maximum absolute atomic E-state index is 11.9. The predicted octanol–water partition coefficient (Wildman–Crippen LogP) is 3.05. The van der Waals surface area contributed by atoms with Crippen molar-refractivity contribution in [2.45, 2.75) is 19.0 Å². The molecule has 1 heterocycles. The van der Waals surface area contributed by atoms with Crippen LogP contribution in [-0.2, 0) is 4.74 Å². The number of benzene rings is 1. The molecule has 0 spiro atoms. The number of fused-ring (bicyclic) bond motifs is 1. The molecule has 0 radical (unpaired) electrons. The zero-order valence-electron chi connectivity index (χ0n) is 10.9. The minimum atomic E-state index is -4.27. The highest BCUT2D eigenvalue weighted by Gasteiger charge is 2.27. The molecule has 0 aromatic heterocycles. The van der Waals surface area contributed by atoms with Gasteiger partial charge in [0.15, 0.2) is 5.78 Å². The van der Waals surface area contributed by atoms with E-state index in [9.17, 15) is 18.0 Å². The van der Waals surface area contributed by atoms with E-state index in [4.69, 9.17) is 0 Å². The summed E-state index contributed by atoms with van der Waals surface area (Å²) in [4.78, 5) is 13.8. The van der Waals surface area contributed by atoms with E-state index in [1.54, 1.807) is 6.07 Å². The quantitative estimate of drug-likeness (QED) is 0.780. The fourth-order valence-electron chi connectivity index (χ4n) is 2.25. The Labute approximate surface area is 115 Å². The van der Waals surface area contributed by atoms with Gasteiger partial charge in [-0.05, 0) is 18.6 Å². The van der Waals surface area contributed by atoms with Gasteiger partial charge >= 0.3 is 6.18 Å². The highest BCUT2D eigenvalue weighted by Crippen LogP contribution is 2.26.